The molecule has 3 fully saturated rings. The molecule has 17 heavy (non-hydrogen) atoms. The van der Waals surface area contributed by atoms with Crippen molar-refractivity contribution in [3.05, 3.63) is 22.4 Å². The van der Waals surface area contributed by atoms with Gasteiger partial charge in [-0.3, -0.25) is 9.59 Å². The lowest BCUT2D eigenvalue weighted by Crippen LogP contribution is -2.30. The third-order valence-electron chi connectivity index (χ3n) is 3.84. The van der Waals surface area contributed by atoms with Gasteiger partial charge in [-0.15, -0.1) is 11.3 Å². The average molecular weight is 250 g/mol. The molecule has 4 nitrogen and oxygen atoms in total. The van der Waals surface area contributed by atoms with E-state index in [1.54, 1.807) is 0 Å². The summed E-state index contributed by atoms with van der Waals surface area (Å²) in [6.07, 6.45) is -0.765. The molecule has 88 valence electrons. The van der Waals surface area contributed by atoms with Gasteiger partial charge in [0.15, 0.2) is 11.6 Å². The summed E-state index contributed by atoms with van der Waals surface area (Å²) in [5, 5.41) is 1.88. The van der Waals surface area contributed by atoms with Gasteiger partial charge >= 0.3 is 0 Å². The molecule has 2 saturated heterocycles. The van der Waals surface area contributed by atoms with Crippen LogP contribution in [0.2, 0.25) is 0 Å². The third-order valence-corrected chi connectivity index (χ3v) is 4.73. The van der Waals surface area contributed by atoms with Gasteiger partial charge in [0.2, 0.25) is 6.29 Å². The van der Waals surface area contributed by atoms with Crippen molar-refractivity contribution >= 4 is 22.9 Å². The van der Waals surface area contributed by atoms with Crippen LogP contribution in [0.4, 0.5) is 0 Å². The predicted molar refractivity (Wildman–Crippen MR) is 58.7 cm³/mol. The first-order valence-electron chi connectivity index (χ1n) is 5.66. The number of Topliss-reactive ketones (excluding diaryl/α,β-unsaturated/α-hetero) is 2. The van der Waals surface area contributed by atoms with Crippen LogP contribution in [0.25, 0.3) is 0 Å². The highest BCUT2D eigenvalue weighted by atomic mass is 32.1. The number of rotatable bonds is 2. The smallest absolute Gasteiger partial charge is 0.218 e. The Morgan fingerprint density at radius 3 is 3.12 bits per heavy atom. The highest BCUT2D eigenvalue weighted by Crippen LogP contribution is 2.57. The first-order chi connectivity index (χ1) is 8.27. The van der Waals surface area contributed by atoms with Gasteiger partial charge in [0.25, 0.3) is 0 Å². The summed E-state index contributed by atoms with van der Waals surface area (Å²) in [6, 6.07) is 3.68. The lowest BCUT2D eigenvalue weighted by atomic mass is 10.1. The molecule has 4 rings (SSSR count). The third kappa shape index (κ3) is 1.24. The Kier molecular flexibility index (Phi) is 1.90. The Balaban J connectivity index is 1.63. The zero-order valence-electron chi connectivity index (χ0n) is 8.87. The normalized spacial score (nSPS) is 42.4. The minimum Gasteiger partial charge on any atom is -0.343 e. The molecule has 1 aliphatic carbocycles. The van der Waals surface area contributed by atoms with Gasteiger partial charge in [-0.2, -0.15) is 0 Å². The van der Waals surface area contributed by atoms with Gasteiger partial charge < -0.3 is 9.47 Å². The average Bonchev–Trinajstić information content (AvgIpc) is 2.77. The SMILES string of the molecule is O=C(c1cccs1)[C@@H]1[C@@H]2C(=O)[C@H]3OC[C@@H](O3)[C@H]12. The molecule has 0 amide bonds. The van der Waals surface area contributed by atoms with Crippen LogP contribution in [0.1, 0.15) is 9.67 Å². The van der Waals surface area contributed by atoms with Crippen molar-refractivity contribution in [1.29, 1.82) is 0 Å². The van der Waals surface area contributed by atoms with Crippen LogP contribution in [0.5, 0.6) is 0 Å². The molecule has 0 aromatic carbocycles. The van der Waals surface area contributed by atoms with Gasteiger partial charge in [0, 0.05) is 17.8 Å². The standard InChI is InChI=1S/C12H10O4S/c13-10(6-2-1-3-17-6)8-7-5-4-15-12(16-5)11(14)9(7)8/h1-3,5,7-9,12H,4H2/t5-,7-,8+,9-,12+/m1/s1. The monoisotopic (exact) mass is 250 g/mol. The van der Waals surface area contributed by atoms with Crippen LogP contribution >= 0.6 is 11.3 Å². The summed E-state index contributed by atoms with van der Waals surface area (Å²) >= 11 is 1.43. The first-order valence-corrected chi connectivity index (χ1v) is 6.54. The van der Waals surface area contributed by atoms with E-state index >= 15 is 0 Å². The second-order valence-electron chi connectivity index (χ2n) is 4.71. The van der Waals surface area contributed by atoms with E-state index in [0.29, 0.717) is 6.61 Å². The van der Waals surface area contributed by atoms with Crippen LogP contribution < -0.4 is 0 Å². The zero-order chi connectivity index (χ0) is 11.6. The summed E-state index contributed by atoms with van der Waals surface area (Å²) in [4.78, 5) is 24.9. The number of ether oxygens (including phenoxy) is 2. The molecule has 1 saturated carbocycles. The molecule has 3 heterocycles. The van der Waals surface area contributed by atoms with Gasteiger partial charge in [0.1, 0.15) is 0 Å². The van der Waals surface area contributed by atoms with Gasteiger partial charge in [-0.05, 0) is 11.4 Å². The summed E-state index contributed by atoms with van der Waals surface area (Å²) in [5.41, 5.74) is 0. The maximum atomic E-state index is 12.2. The van der Waals surface area contributed by atoms with Gasteiger partial charge in [0.05, 0.1) is 17.6 Å². The number of hydrogen-bond acceptors (Lipinski definition) is 5. The molecule has 5 heteroatoms. The second kappa shape index (κ2) is 3.25. The highest BCUT2D eigenvalue weighted by molar-refractivity contribution is 7.12. The largest absolute Gasteiger partial charge is 0.343 e. The van der Waals surface area contributed by atoms with Crippen molar-refractivity contribution in [2.45, 2.75) is 12.4 Å². The van der Waals surface area contributed by atoms with E-state index in [1.165, 1.54) is 11.3 Å². The summed E-state index contributed by atoms with van der Waals surface area (Å²) in [7, 11) is 0. The molecule has 2 aliphatic heterocycles. The quantitative estimate of drug-likeness (QED) is 0.738. The minimum absolute atomic E-state index is 0.0429. The molecule has 0 spiro atoms. The number of ketones is 2. The van der Waals surface area contributed by atoms with Crippen molar-refractivity contribution in [2.75, 3.05) is 6.61 Å². The number of hydrogen-bond donors (Lipinski definition) is 0. The first kappa shape index (κ1) is 9.94. The Labute approximate surface area is 102 Å². The highest BCUT2D eigenvalue weighted by Gasteiger charge is 2.68. The van der Waals surface area contributed by atoms with Crippen LogP contribution in [0, 0.1) is 17.8 Å². The summed E-state index contributed by atoms with van der Waals surface area (Å²) in [5.74, 6) is -0.218. The molecule has 2 bridgehead atoms. The van der Waals surface area contributed by atoms with E-state index in [4.69, 9.17) is 9.47 Å². The predicted octanol–water partition coefficient (Wildman–Crippen LogP) is 1.12. The zero-order valence-corrected chi connectivity index (χ0v) is 9.68. The topological polar surface area (TPSA) is 52.6 Å². The second-order valence-corrected chi connectivity index (χ2v) is 5.66. The molecule has 0 unspecified atom stereocenters. The van der Waals surface area contributed by atoms with Crippen molar-refractivity contribution in [2.24, 2.45) is 17.8 Å². The van der Waals surface area contributed by atoms with E-state index in [1.807, 2.05) is 17.5 Å². The number of thiophene rings is 1. The van der Waals surface area contributed by atoms with Crippen LogP contribution in [0.15, 0.2) is 17.5 Å². The van der Waals surface area contributed by atoms with E-state index in [2.05, 4.69) is 0 Å². The lowest BCUT2D eigenvalue weighted by Gasteiger charge is -2.14. The van der Waals surface area contributed by atoms with Crippen molar-refractivity contribution in [3.8, 4) is 0 Å². The van der Waals surface area contributed by atoms with Crippen LogP contribution in [0.3, 0.4) is 0 Å². The molecule has 0 N–H and O–H groups in total. The summed E-state index contributed by atoms with van der Waals surface area (Å²) < 4.78 is 10.7. The fourth-order valence-electron chi connectivity index (χ4n) is 3.01. The Bertz CT molecular complexity index is 495. The molecular formula is C12H10O4S. The summed E-state index contributed by atoms with van der Waals surface area (Å²) in [6.45, 7) is 0.450. The molecule has 1 aromatic rings. The van der Waals surface area contributed by atoms with Crippen molar-refractivity contribution in [1.82, 2.24) is 0 Å². The maximum Gasteiger partial charge on any atom is 0.218 e. The Hall–Kier alpha value is -1.04. The van der Waals surface area contributed by atoms with Crippen LogP contribution in [-0.4, -0.2) is 30.6 Å². The van der Waals surface area contributed by atoms with E-state index in [0.717, 1.165) is 4.88 Å². The maximum absolute atomic E-state index is 12.2. The fourth-order valence-corrected chi connectivity index (χ4v) is 3.73. The van der Waals surface area contributed by atoms with E-state index in [9.17, 15) is 9.59 Å². The van der Waals surface area contributed by atoms with Gasteiger partial charge in [-0.25, -0.2) is 0 Å². The lowest BCUT2D eigenvalue weighted by molar-refractivity contribution is -0.153. The van der Waals surface area contributed by atoms with E-state index < -0.39 is 6.29 Å². The minimum atomic E-state index is -0.706. The van der Waals surface area contributed by atoms with Crippen molar-refractivity contribution in [3.63, 3.8) is 0 Å². The number of carbonyl (C=O) groups is 2. The fraction of sp³-hybridized carbons (Fsp3) is 0.500. The van der Waals surface area contributed by atoms with Gasteiger partial charge in [-0.1, -0.05) is 6.07 Å². The molecule has 5 atom stereocenters. The molecular weight excluding hydrogens is 240 g/mol. The number of carbonyl (C=O) groups excluding carboxylic acids is 2. The Morgan fingerprint density at radius 2 is 2.35 bits per heavy atom. The number of fused-ring (bicyclic) bond motifs is 4. The van der Waals surface area contributed by atoms with E-state index in [-0.39, 0.29) is 35.4 Å². The molecule has 1 aromatic heterocycles. The van der Waals surface area contributed by atoms with Crippen LogP contribution in [-0.2, 0) is 14.3 Å². The van der Waals surface area contributed by atoms with Crippen molar-refractivity contribution < 1.29 is 19.1 Å². The Morgan fingerprint density at radius 1 is 1.47 bits per heavy atom. The molecule has 0 radical (unpaired) electrons. The molecule has 3 aliphatic rings.